The van der Waals surface area contributed by atoms with E-state index in [0.717, 1.165) is 20.5 Å². The monoisotopic (exact) mass is 467 g/mol. The molecule has 1 saturated heterocycles. The Bertz CT molecular complexity index is 1110. The second-order valence-corrected chi connectivity index (χ2v) is 8.77. The highest BCUT2D eigenvalue weighted by Gasteiger charge is 2.46. The average Bonchev–Trinajstić information content (AvgIpc) is 3.32. The molecule has 1 aromatic heterocycles. The Morgan fingerprint density at radius 1 is 1.10 bits per heavy atom. The van der Waals surface area contributed by atoms with Crippen molar-refractivity contribution in [2.75, 3.05) is 0 Å². The molecular formula is C23H18BrNO3S. The van der Waals surface area contributed by atoms with Crippen LogP contribution >= 0.6 is 27.3 Å². The number of rotatable bonds is 4. The molecular weight excluding hydrogens is 450 g/mol. The van der Waals surface area contributed by atoms with Gasteiger partial charge in [0, 0.05) is 14.9 Å². The number of Topliss-reactive ketones (excluding diaryl/α,β-unsaturated/α-hetero) is 1. The number of nitrogens with zero attached hydrogens (tertiary/aromatic N) is 1. The standard InChI is InChI=1S/C23H18BrNO3S/c1-14-12-16(9-10-18(14)24)21(26)19-20(15-6-3-2-4-7-15)25(23(28)22(19)27)13-17-8-5-11-29-17/h2-12,20,26H,13H2,1H3/b21-19-. The third kappa shape index (κ3) is 3.66. The third-order valence-corrected chi connectivity index (χ3v) is 6.74. The molecule has 1 amide bonds. The quantitative estimate of drug-likeness (QED) is 0.315. The van der Waals surface area contributed by atoms with Crippen LogP contribution in [0.25, 0.3) is 5.76 Å². The summed E-state index contributed by atoms with van der Waals surface area (Å²) in [6, 6.07) is 17.9. The van der Waals surface area contributed by atoms with Crippen molar-refractivity contribution >= 4 is 44.7 Å². The first-order valence-corrected chi connectivity index (χ1v) is 10.8. The molecule has 6 heteroatoms. The Morgan fingerprint density at radius 3 is 2.52 bits per heavy atom. The second-order valence-electron chi connectivity index (χ2n) is 6.88. The Morgan fingerprint density at radius 2 is 1.86 bits per heavy atom. The largest absolute Gasteiger partial charge is 0.507 e. The van der Waals surface area contributed by atoms with Crippen molar-refractivity contribution in [1.82, 2.24) is 4.90 Å². The van der Waals surface area contributed by atoms with Gasteiger partial charge in [0.1, 0.15) is 5.76 Å². The second kappa shape index (κ2) is 7.97. The zero-order valence-electron chi connectivity index (χ0n) is 15.6. The van der Waals surface area contributed by atoms with Crippen molar-refractivity contribution in [2.45, 2.75) is 19.5 Å². The summed E-state index contributed by atoms with van der Waals surface area (Å²) in [5, 5.41) is 13.0. The summed E-state index contributed by atoms with van der Waals surface area (Å²) in [6.45, 7) is 2.23. The minimum Gasteiger partial charge on any atom is -0.507 e. The van der Waals surface area contributed by atoms with E-state index in [-0.39, 0.29) is 11.3 Å². The summed E-state index contributed by atoms with van der Waals surface area (Å²) in [5.41, 5.74) is 2.36. The van der Waals surface area contributed by atoms with Crippen molar-refractivity contribution in [2.24, 2.45) is 0 Å². The van der Waals surface area contributed by atoms with Crippen LogP contribution in [0.2, 0.25) is 0 Å². The lowest BCUT2D eigenvalue weighted by Crippen LogP contribution is -2.28. The molecule has 29 heavy (non-hydrogen) atoms. The molecule has 1 N–H and O–H groups in total. The van der Waals surface area contributed by atoms with Crippen LogP contribution in [0.1, 0.15) is 27.6 Å². The maximum atomic E-state index is 13.0. The van der Waals surface area contributed by atoms with Crippen molar-refractivity contribution in [1.29, 1.82) is 0 Å². The Hall–Kier alpha value is -2.70. The van der Waals surface area contributed by atoms with Crippen LogP contribution in [-0.4, -0.2) is 21.7 Å². The van der Waals surface area contributed by atoms with Crippen LogP contribution < -0.4 is 0 Å². The van der Waals surface area contributed by atoms with Gasteiger partial charge in [0.2, 0.25) is 0 Å². The van der Waals surface area contributed by atoms with E-state index < -0.39 is 17.7 Å². The lowest BCUT2D eigenvalue weighted by molar-refractivity contribution is -0.140. The van der Waals surface area contributed by atoms with E-state index in [0.29, 0.717) is 12.1 Å². The van der Waals surface area contributed by atoms with Gasteiger partial charge >= 0.3 is 0 Å². The van der Waals surface area contributed by atoms with E-state index in [2.05, 4.69) is 15.9 Å². The summed E-state index contributed by atoms with van der Waals surface area (Å²) in [6.07, 6.45) is 0. The van der Waals surface area contributed by atoms with Crippen molar-refractivity contribution in [3.05, 3.63) is 97.7 Å². The molecule has 4 nitrogen and oxygen atoms in total. The molecule has 2 heterocycles. The van der Waals surface area contributed by atoms with Gasteiger partial charge in [-0.3, -0.25) is 9.59 Å². The lowest BCUT2D eigenvalue weighted by Gasteiger charge is -2.25. The van der Waals surface area contributed by atoms with Gasteiger partial charge in [-0.1, -0.05) is 58.4 Å². The molecule has 0 radical (unpaired) electrons. The smallest absolute Gasteiger partial charge is 0.295 e. The van der Waals surface area contributed by atoms with Gasteiger partial charge in [-0.2, -0.15) is 0 Å². The number of halogens is 1. The first kappa shape index (κ1) is 19.6. The molecule has 2 aromatic carbocycles. The zero-order chi connectivity index (χ0) is 20.5. The van der Waals surface area contributed by atoms with E-state index >= 15 is 0 Å². The van der Waals surface area contributed by atoms with Crippen LogP contribution in [0.5, 0.6) is 0 Å². The average molecular weight is 468 g/mol. The number of benzene rings is 2. The first-order chi connectivity index (χ1) is 14.0. The zero-order valence-corrected chi connectivity index (χ0v) is 18.0. The molecule has 4 rings (SSSR count). The number of aliphatic hydroxyl groups is 1. The summed E-state index contributed by atoms with van der Waals surface area (Å²) in [7, 11) is 0. The fourth-order valence-electron chi connectivity index (χ4n) is 3.54. The fourth-order valence-corrected chi connectivity index (χ4v) is 4.49. The molecule has 0 spiro atoms. The SMILES string of the molecule is Cc1cc(/C(O)=C2/C(=O)C(=O)N(Cc3cccs3)C2c2ccccc2)ccc1Br. The number of carbonyl (C=O) groups is 2. The number of ketones is 1. The van der Waals surface area contributed by atoms with Crippen LogP contribution in [0, 0.1) is 6.92 Å². The van der Waals surface area contributed by atoms with Crippen LogP contribution in [-0.2, 0) is 16.1 Å². The summed E-state index contributed by atoms with van der Waals surface area (Å²) in [5.74, 6) is -1.40. The number of likely N-dealkylation sites (tertiary alicyclic amines) is 1. The number of amides is 1. The third-order valence-electron chi connectivity index (χ3n) is 4.99. The molecule has 146 valence electrons. The number of carbonyl (C=O) groups excluding carboxylic acids is 2. The van der Waals surface area contributed by atoms with Crippen LogP contribution in [0.4, 0.5) is 0 Å². The summed E-state index contributed by atoms with van der Waals surface area (Å²) in [4.78, 5) is 28.4. The molecule has 1 aliphatic heterocycles. The highest BCUT2D eigenvalue weighted by atomic mass is 79.9. The Kier molecular flexibility index (Phi) is 5.39. The van der Waals surface area contributed by atoms with Gasteiger partial charge in [-0.05, 0) is 41.6 Å². The van der Waals surface area contributed by atoms with Gasteiger partial charge in [0.25, 0.3) is 11.7 Å². The maximum absolute atomic E-state index is 13.0. The van der Waals surface area contributed by atoms with Gasteiger partial charge in [0.05, 0.1) is 18.2 Å². The Balaban J connectivity index is 1.87. The van der Waals surface area contributed by atoms with Crippen molar-refractivity contribution in [3.63, 3.8) is 0 Å². The topological polar surface area (TPSA) is 57.6 Å². The molecule has 1 unspecified atom stereocenters. The van der Waals surface area contributed by atoms with Gasteiger partial charge < -0.3 is 10.0 Å². The minimum atomic E-state index is -0.659. The predicted molar refractivity (Wildman–Crippen MR) is 117 cm³/mol. The number of hydrogen-bond acceptors (Lipinski definition) is 4. The van der Waals surface area contributed by atoms with E-state index in [1.165, 1.54) is 11.3 Å². The number of aryl methyl sites for hydroxylation is 1. The molecule has 0 bridgehead atoms. The lowest BCUT2D eigenvalue weighted by atomic mass is 9.95. The maximum Gasteiger partial charge on any atom is 0.295 e. The normalized spacial score (nSPS) is 18.4. The van der Waals surface area contributed by atoms with E-state index in [9.17, 15) is 14.7 Å². The van der Waals surface area contributed by atoms with Crippen LogP contribution in [0.3, 0.4) is 0 Å². The van der Waals surface area contributed by atoms with E-state index in [4.69, 9.17) is 0 Å². The van der Waals surface area contributed by atoms with Gasteiger partial charge in [0.15, 0.2) is 0 Å². The molecule has 1 aliphatic rings. The predicted octanol–water partition coefficient (Wildman–Crippen LogP) is 5.44. The van der Waals surface area contributed by atoms with Gasteiger partial charge in [-0.15, -0.1) is 11.3 Å². The van der Waals surface area contributed by atoms with Gasteiger partial charge in [-0.25, -0.2) is 0 Å². The summed E-state index contributed by atoms with van der Waals surface area (Å²) >= 11 is 4.98. The summed E-state index contributed by atoms with van der Waals surface area (Å²) < 4.78 is 0.909. The number of hydrogen-bond donors (Lipinski definition) is 1. The van der Waals surface area contributed by atoms with Crippen molar-refractivity contribution < 1.29 is 14.7 Å². The molecule has 1 fully saturated rings. The minimum absolute atomic E-state index is 0.125. The van der Waals surface area contributed by atoms with Crippen LogP contribution in [0.15, 0.2) is 76.1 Å². The molecule has 0 saturated carbocycles. The number of aliphatic hydroxyl groups excluding tert-OH is 1. The molecule has 3 aromatic rings. The Labute approximate surface area is 181 Å². The first-order valence-electron chi connectivity index (χ1n) is 9.09. The fraction of sp³-hybridized carbons (Fsp3) is 0.130. The highest BCUT2D eigenvalue weighted by molar-refractivity contribution is 9.10. The van der Waals surface area contributed by atoms with E-state index in [1.807, 2.05) is 60.8 Å². The number of thiophene rings is 1. The van der Waals surface area contributed by atoms with Crippen molar-refractivity contribution in [3.8, 4) is 0 Å². The highest BCUT2D eigenvalue weighted by Crippen LogP contribution is 2.40. The molecule has 0 aliphatic carbocycles. The van der Waals surface area contributed by atoms with E-state index in [1.54, 1.807) is 17.0 Å². The molecule has 1 atom stereocenters.